The highest BCUT2D eigenvalue weighted by Gasteiger charge is 2.35. The van der Waals surface area contributed by atoms with Crippen molar-refractivity contribution in [1.82, 2.24) is 4.98 Å². The van der Waals surface area contributed by atoms with E-state index in [0.717, 1.165) is 30.3 Å². The number of pyridine rings is 1. The van der Waals surface area contributed by atoms with Gasteiger partial charge in [0.1, 0.15) is 11.5 Å². The molecule has 0 unspecified atom stereocenters. The van der Waals surface area contributed by atoms with Gasteiger partial charge in [0.05, 0.1) is 22.5 Å². The lowest BCUT2D eigenvalue weighted by Crippen LogP contribution is -2.16. The molecule has 6 nitrogen and oxygen atoms in total. The topological polar surface area (TPSA) is 86.5 Å². The number of carbonyl (C=O) groups excluding carboxylic acids is 1. The maximum atomic E-state index is 13.4. The lowest BCUT2D eigenvalue weighted by molar-refractivity contribution is -0.274. The average molecular weight is 457 g/mol. The van der Waals surface area contributed by atoms with E-state index < -0.39 is 35.4 Å². The van der Waals surface area contributed by atoms with E-state index in [0.29, 0.717) is 6.20 Å². The van der Waals surface area contributed by atoms with Crippen LogP contribution in [0.1, 0.15) is 15.9 Å². The molecule has 0 radical (unpaired) electrons. The number of aromatic nitrogens is 1. The Labute approximate surface area is 176 Å². The molecule has 1 heterocycles. The van der Waals surface area contributed by atoms with Gasteiger partial charge in [0.25, 0.3) is 5.91 Å². The van der Waals surface area contributed by atoms with E-state index in [9.17, 15) is 31.1 Å². The number of alkyl halides is 6. The first kappa shape index (κ1) is 22.7. The van der Waals surface area contributed by atoms with E-state index >= 15 is 0 Å². The van der Waals surface area contributed by atoms with Gasteiger partial charge in [0, 0.05) is 12.3 Å². The molecule has 0 saturated heterocycles. The van der Waals surface area contributed by atoms with Crippen molar-refractivity contribution in [2.24, 2.45) is 5.73 Å². The van der Waals surface area contributed by atoms with Gasteiger partial charge in [0.2, 0.25) is 5.88 Å². The van der Waals surface area contributed by atoms with Crippen LogP contribution in [0.4, 0.5) is 37.7 Å². The molecule has 12 heteroatoms. The number of nitrogens with two attached hydrogens (primary N) is 1. The predicted molar refractivity (Wildman–Crippen MR) is 101 cm³/mol. The molecule has 0 atom stereocenters. The van der Waals surface area contributed by atoms with Crippen LogP contribution < -0.4 is 20.5 Å². The standard InChI is InChI=1S/C20H13F6N3O3/c21-19(22,23)14-10-28-17(31-11-5-7-12(8-6-11)32-20(24,25)26)9-16(14)29-15-4-2-1-3-13(15)18(27)30/h1-10H,(H2,27,30)(H,28,29). The number of benzene rings is 2. The smallest absolute Gasteiger partial charge is 0.439 e. The Hall–Kier alpha value is -3.96. The van der Waals surface area contributed by atoms with Gasteiger partial charge in [-0.25, -0.2) is 4.98 Å². The van der Waals surface area contributed by atoms with Gasteiger partial charge in [0.15, 0.2) is 0 Å². The summed E-state index contributed by atoms with van der Waals surface area (Å²) in [4.78, 5) is 15.2. The number of carbonyl (C=O) groups is 1. The number of anilines is 2. The molecule has 0 fully saturated rings. The van der Waals surface area contributed by atoms with Crippen molar-refractivity contribution >= 4 is 17.3 Å². The third-order valence-electron chi connectivity index (χ3n) is 3.93. The first-order valence-electron chi connectivity index (χ1n) is 8.69. The number of amides is 1. The Morgan fingerprint density at radius 3 is 2.12 bits per heavy atom. The summed E-state index contributed by atoms with van der Waals surface area (Å²) in [5.41, 5.74) is 3.62. The SMILES string of the molecule is NC(=O)c1ccccc1Nc1cc(Oc2ccc(OC(F)(F)F)cc2)ncc1C(F)(F)F. The van der Waals surface area contributed by atoms with Crippen LogP contribution in [0.3, 0.4) is 0 Å². The molecule has 3 N–H and O–H groups in total. The number of nitrogens with zero attached hydrogens (tertiary/aromatic N) is 1. The van der Waals surface area contributed by atoms with Crippen molar-refractivity contribution in [1.29, 1.82) is 0 Å². The highest BCUT2D eigenvalue weighted by molar-refractivity contribution is 5.99. The lowest BCUT2D eigenvalue weighted by atomic mass is 10.1. The zero-order valence-electron chi connectivity index (χ0n) is 15.8. The van der Waals surface area contributed by atoms with Crippen molar-refractivity contribution in [2.45, 2.75) is 12.5 Å². The molecule has 2 aromatic carbocycles. The Kier molecular flexibility index (Phi) is 6.14. The summed E-state index contributed by atoms with van der Waals surface area (Å²) in [6.45, 7) is 0. The van der Waals surface area contributed by atoms with E-state index in [1.165, 1.54) is 24.3 Å². The van der Waals surface area contributed by atoms with Crippen LogP contribution in [0.2, 0.25) is 0 Å². The number of rotatable bonds is 6. The number of hydrogen-bond acceptors (Lipinski definition) is 5. The lowest BCUT2D eigenvalue weighted by Gasteiger charge is -2.17. The highest BCUT2D eigenvalue weighted by Crippen LogP contribution is 2.38. The Bertz CT molecular complexity index is 1110. The number of ether oxygens (including phenoxy) is 2. The second kappa shape index (κ2) is 8.65. The normalized spacial score (nSPS) is 11.7. The van der Waals surface area contributed by atoms with Crippen molar-refractivity contribution in [3.63, 3.8) is 0 Å². The van der Waals surface area contributed by atoms with E-state index in [1.54, 1.807) is 0 Å². The highest BCUT2D eigenvalue weighted by atomic mass is 19.4. The van der Waals surface area contributed by atoms with Crippen molar-refractivity contribution in [3.8, 4) is 17.4 Å². The van der Waals surface area contributed by atoms with Crippen molar-refractivity contribution in [2.75, 3.05) is 5.32 Å². The summed E-state index contributed by atoms with van der Waals surface area (Å²) in [7, 11) is 0. The third kappa shape index (κ3) is 5.80. The molecule has 0 aliphatic rings. The fraction of sp³-hybridized carbons (Fsp3) is 0.100. The molecule has 0 spiro atoms. The van der Waals surface area contributed by atoms with Crippen LogP contribution >= 0.6 is 0 Å². The minimum absolute atomic E-state index is 0.00438. The average Bonchev–Trinajstić information content (AvgIpc) is 2.68. The Balaban J connectivity index is 1.90. The first-order valence-corrected chi connectivity index (χ1v) is 8.69. The largest absolute Gasteiger partial charge is 0.573 e. The van der Waals surface area contributed by atoms with Crippen LogP contribution in [-0.2, 0) is 6.18 Å². The fourth-order valence-electron chi connectivity index (χ4n) is 2.60. The minimum Gasteiger partial charge on any atom is -0.439 e. The monoisotopic (exact) mass is 457 g/mol. The molecule has 0 aliphatic carbocycles. The number of para-hydroxylation sites is 1. The molecule has 1 amide bonds. The number of hydrogen-bond donors (Lipinski definition) is 2. The first-order chi connectivity index (χ1) is 14.9. The molecule has 168 valence electrons. The molecule has 3 rings (SSSR count). The minimum atomic E-state index is -4.88. The van der Waals surface area contributed by atoms with Crippen LogP contribution in [0.25, 0.3) is 0 Å². The molecule has 3 aromatic rings. The van der Waals surface area contributed by atoms with Gasteiger partial charge < -0.3 is 20.5 Å². The molecule has 0 aliphatic heterocycles. The van der Waals surface area contributed by atoms with E-state index in [-0.39, 0.29) is 22.9 Å². The third-order valence-corrected chi connectivity index (χ3v) is 3.93. The van der Waals surface area contributed by atoms with Crippen LogP contribution in [-0.4, -0.2) is 17.3 Å². The number of halogens is 6. The summed E-state index contributed by atoms with van der Waals surface area (Å²) in [6, 6.07) is 10.8. The molecule has 1 aromatic heterocycles. The quantitative estimate of drug-likeness (QED) is 0.469. The maximum Gasteiger partial charge on any atom is 0.573 e. The van der Waals surface area contributed by atoms with E-state index in [2.05, 4.69) is 15.0 Å². The van der Waals surface area contributed by atoms with Gasteiger partial charge in [-0.3, -0.25) is 4.79 Å². The zero-order chi connectivity index (χ0) is 23.5. The fourth-order valence-corrected chi connectivity index (χ4v) is 2.60. The molecule has 0 bridgehead atoms. The summed E-state index contributed by atoms with van der Waals surface area (Å²) in [6.07, 6.45) is -9.14. The molecular formula is C20H13F6N3O3. The van der Waals surface area contributed by atoms with Crippen LogP contribution in [0, 0.1) is 0 Å². The summed E-state index contributed by atoms with van der Waals surface area (Å²) >= 11 is 0. The maximum absolute atomic E-state index is 13.4. The molecular weight excluding hydrogens is 444 g/mol. The number of nitrogens with one attached hydrogen (secondary N) is 1. The van der Waals surface area contributed by atoms with Gasteiger partial charge in [-0.05, 0) is 36.4 Å². The van der Waals surface area contributed by atoms with Gasteiger partial charge in [-0.15, -0.1) is 13.2 Å². The summed E-state index contributed by atoms with van der Waals surface area (Å²) in [5.74, 6) is -1.65. The predicted octanol–water partition coefficient (Wildman–Crippen LogP) is 5.63. The van der Waals surface area contributed by atoms with Gasteiger partial charge in [-0.1, -0.05) is 12.1 Å². The zero-order valence-corrected chi connectivity index (χ0v) is 15.8. The number of primary amides is 1. The van der Waals surface area contributed by atoms with Gasteiger partial charge in [-0.2, -0.15) is 13.2 Å². The van der Waals surface area contributed by atoms with Crippen molar-refractivity contribution < 1.29 is 40.6 Å². The molecule has 0 saturated carbocycles. The Morgan fingerprint density at radius 1 is 0.906 bits per heavy atom. The van der Waals surface area contributed by atoms with E-state index in [1.807, 2.05) is 0 Å². The summed E-state index contributed by atoms with van der Waals surface area (Å²) < 4.78 is 86.1. The van der Waals surface area contributed by atoms with E-state index in [4.69, 9.17) is 10.5 Å². The summed E-state index contributed by atoms with van der Waals surface area (Å²) in [5, 5.41) is 2.50. The second-order valence-corrected chi connectivity index (χ2v) is 6.22. The second-order valence-electron chi connectivity index (χ2n) is 6.22. The van der Waals surface area contributed by atoms with Crippen LogP contribution in [0.5, 0.6) is 17.4 Å². The van der Waals surface area contributed by atoms with Crippen molar-refractivity contribution in [3.05, 3.63) is 71.9 Å². The van der Waals surface area contributed by atoms with Gasteiger partial charge >= 0.3 is 12.5 Å². The van der Waals surface area contributed by atoms with Crippen LogP contribution in [0.15, 0.2) is 60.8 Å². The molecule has 32 heavy (non-hydrogen) atoms. The Morgan fingerprint density at radius 2 is 1.53 bits per heavy atom.